The van der Waals surface area contributed by atoms with E-state index in [1.165, 1.54) is 25.3 Å². The lowest BCUT2D eigenvalue weighted by molar-refractivity contribution is -0.129. The fourth-order valence-electron chi connectivity index (χ4n) is 4.35. The zero-order valence-electron chi connectivity index (χ0n) is 17.7. The summed E-state index contributed by atoms with van der Waals surface area (Å²) in [6.07, 6.45) is 6.35. The normalized spacial score (nSPS) is 25.1. The highest BCUT2D eigenvalue weighted by Crippen LogP contribution is 2.43. The van der Waals surface area contributed by atoms with Gasteiger partial charge >= 0.3 is 0 Å². The SMILES string of the molecule is COc1cc(/C=C2\SC(Nc3ccccc3)N([C@H]3CCCC[C@H]3C)C2=O)cc(Cl)c1O. The van der Waals surface area contributed by atoms with Crippen LogP contribution in [-0.4, -0.2) is 34.6 Å². The van der Waals surface area contributed by atoms with Crippen LogP contribution < -0.4 is 10.1 Å². The van der Waals surface area contributed by atoms with Crippen molar-refractivity contribution in [3.63, 3.8) is 0 Å². The van der Waals surface area contributed by atoms with Crippen molar-refractivity contribution in [1.29, 1.82) is 0 Å². The minimum absolute atomic E-state index is 0.0281. The number of rotatable bonds is 5. The van der Waals surface area contributed by atoms with Crippen molar-refractivity contribution in [2.45, 2.75) is 44.1 Å². The summed E-state index contributed by atoms with van der Waals surface area (Å²) in [5.41, 5.74) is 1.52. The molecule has 1 aliphatic heterocycles. The van der Waals surface area contributed by atoms with Gasteiger partial charge in [0.15, 0.2) is 17.0 Å². The summed E-state index contributed by atoms with van der Waals surface area (Å²) in [5.74, 6) is 0.672. The molecule has 4 rings (SSSR count). The van der Waals surface area contributed by atoms with Gasteiger partial charge in [0, 0.05) is 11.7 Å². The van der Waals surface area contributed by atoms with Gasteiger partial charge in [0.2, 0.25) is 0 Å². The van der Waals surface area contributed by atoms with E-state index in [4.69, 9.17) is 16.3 Å². The lowest BCUT2D eigenvalue weighted by atomic mass is 9.85. The van der Waals surface area contributed by atoms with Crippen LogP contribution in [0.1, 0.15) is 38.2 Å². The summed E-state index contributed by atoms with van der Waals surface area (Å²) in [6, 6.07) is 13.5. The number of hydrogen-bond acceptors (Lipinski definition) is 5. The first-order valence-corrected chi connectivity index (χ1v) is 11.8. The van der Waals surface area contributed by atoms with Crippen LogP contribution in [-0.2, 0) is 4.79 Å². The number of phenols is 1. The Morgan fingerprint density at radius 1 is 1.23 bits per heavy atom. The molecule has 1 heterocycles. The number of nitrogens with one attached hydrogen (secondary N) is 1. The second-order valence-corrected chi connectivity index (χ2v) is 9.61. The maximum absolute atomic E-state index is 13.5. The van der Waals surface area contributed by atoms with E-state index in [9.17, 15) is 9.90 Å². The topological polar surface area (TPSA) is 61.8 Å². The first-order chi connectivity index (χ1) is 15.0. The molecule has 2 aromatic rings. The Morgan fingerprint density at radius 2 is 1.97 bits per heavy atom. The Hall–Kier alpha value is -2.31. The third-order valence-electron chi connectivity index (χ3n) is 5.99. The minimum Gasteiger partial charge on any atom is -0.503 e. The molecule has 0 bridgehead atoms. The van der Waals surface area contributed by atoms with Crippen LogP contribution in [0.3, 0.4) is 0 Å². The molecule has 164 valence electrons. The summed E-state index contributed by atoms with van der Waals surface area (Å²) >= 11 is 7.67. The number of benzene rings is 2. The van der Waals surface area contributed by atoms with Crippen LogP contribution in [0.25, 0.3) is 6.08 Å². The van der Waals surface area contributed by atoms with Gasteiger partial charge < -0.3 is 20.1 Å². The second kappa shape index (κ2) is 9.45. The lowest BCUT2D eigenvalue weighted by Gasteiger charge is -2.39. The van der Waals surface area contributed by atoms with Crippen molar-refractivity contribution >= 4 is 41.0 Å². The van der Waals surface area contributed by atoms with Gasteiger partial charge in [-0.2, -0.15) is 0 Å². The molecular weight excluding hydrogens is 432 g/mol. The van der Waals surface area contributed by atoms with Gasteiger partial charge in [-0.25, -0.2) is 0 Å². The highest BCUT2D eigenvalue weighted by atomic mass is 35.5. The van der Waals surface area contributed by atoms with E-state index in [0.29, 0.717) is 16.4 Å². The van der Waals surface area contributed by atoms with Crippen molar-refractivity contribution < 1.29 is 14.6 Å². The number of methoxy groups -OCH3 is 1. The molecule has 7 heteroatoms. The van der Waals surface area contributed by atoms with E-state index >= 15 is 0 Å². The number of para-hydroxylation sites is 1. The standard InChI is InChI=1S/C24H27ClN2O3S/c1-15-8-6-7-11-19(15)27-23(29)21(31-24(27)26-17-9-4-3-5-10-17)14-16-12-18(25)22(28)20(13-16)30-2/h3-5,9-10,12-15,19,24,26,28H,6-8,11H2,1-2H3/b21-14-/t15-,19+,24?/m1/s1. The van der Waals surface area contributed by atoms with E-state index in [0.717, 1.165) is 24.9 Å². The van der Waals surface area contributed by atoms with Crippen molar-refractivity contribution in [3.8, 4) is 11.5 Å². The maximum Gasteiger partial charge on any atom is 0.262 e. The number of thioether (sulfide) groups is 1. The number of carbonyl (C=O) groups is 1. The van der Waals surface area contributed by atoms with E-state index in [1.807, 2.05) is 41.3 Å². The number of amides is 1. The molecule has 1 aliphatic carbocycles. The highest BCUT2D eigenvalue weighted by Gasteiger charge is 2.42. The number of halogens is 1. The Balaban J connectivity index is 1.67. The monoisotopic (exact) mass is 458 g/mol. The highest BCUT2D eigenvalue weighted by molar-refractivity contribution is 8.05. The van der Waals surface area contributed by atoms with E-state index in [2.05, 4.69) is 12.2 Å². The van der Waals surface area contributed by atoms with Gasteiger partial charge in [-0.1, -0.05) is 61.3 Å². The van der Waals surface area contributed by atoms with Crippen molar-refractivity contribution in [2.75, 3.05) is 12.4 Å². The van der Waals surface area contributed by atoms with Gasteiger partial charge in [0.1, 0.15) is 0 Å². The molecule has 1 amide bonds. The van der Waals surface area contributed by atoms with Gasteiger partial charge in [0.25, 0.3) is 5.91 Å². The van der Waals surface area contributed by atoms with Gasteiger partial charge in [-0.15, -0.1) is 0 Å². The van der Waals surface area contributed by atoms with Gasteiger partial charge in [-0.3, -0.25) is 4.79 Å². The van der Waals surface area contributed by atoms with Crippen molar-refractivity contribution in [1.82, 2.24) is 4.90 Å². The molecule has 0 aromatic heterocycles. The summed E-state index contributed by atoms with van der Waals surface area (Å²) in [7, 11) is 1.48. The second-order valence-electron chi connectivity index (χ2n) is 8.08. The molecule has 2 N–H and O–H groups in total. The molecule has 2 fully saturated rings. The molecular formula is C24H27ClN2O3S. The summed E-state index contributed by atoms with van der Waals surface area (Å²) < 4.78 is 5.21. The van der Waals surface area contributed by atoms with Gasteiger partial charge in [-0.05, 0) is 54.7 Å². The third-order valence-corrected chi connectivity index (χ3v) is 7.40. The number of carbonyl (C=O) groups excluding carboxylic acids is 1. The Bertz CT molecular complexity index is 982. The fourth-order valence-corrected chi connectivity index (χ4v) is 5.78. The number of anilines is 1. The summed E-state index contributed by atoms with van der Waals surface area (Å²) in [4.78, 5) is 16.2. The average molecular weight is 459 g/mol. The van der Waals surface area contributed by atoms with Crippen molar-refractivity contribution in [2.24, 2.45) is 5.92 Å². The molecule has 31 heavy (non-hydrogen) atoms. The van der Waals surface area contributed by atoms with Crippen LogP contribution in [0.4, 0.5) is 5.69 Å². The van der Waals surface area contributed by atoms with E-state index < -0.39 is 0 Å². The van der Waals surface area contributed by atoms with Crippen LogP contribution in [0, 0.1) is 5.92 Å². The zero-order valence-corrected chi connectivity index (χ0v) is 19.2. The predicted molar refractivity (Wildman–Crippen MR) is 127 cm³/mol. The minimum atomic E-state index is -0.179. The molecule has 1 saturated carbocycles. The smallest absolute Gasteiger partial charge is 0.262 e. The van der Waals surface area contributed by atoms with Crippen LogP contribution >= 0.6 is 23.4 Å². The lowest BCUT2D eigenvalue weighted by Crippen LogP contribution is -2.48. The summed E-state index contributed by atoms with van der Waals surface area (Å²) in [6.45, 7) is 2.24. The number of nitrogens with zero attached hydrogens (tertiary/aromatic N) is 1. The predicted octanol–water partition coefficient (Wildman–Crippen LogP) is 5.94. The van der Waals surface area contributed by atoms with E-state index in [-0.39, 0.29) is 34.0 Å². The van der Waals surface area contributed by atoms with Crippen molar-refractivity contribution in [3.05, 3.63) is 58.0 Å². The number of phenolic OH excluding ortho intramolecular Hbond substituents is 1. The van der Waals surface area contributed by atoms with Gasteiger partial charge in [0.05, 0.1) is 17.0 Å². The Kier molecular flexibility index (Phi) is 6.68. The van der Waals surface area contributed by atoms with Crippen LogP contribution in [0.5, 0.6) is 11.5 Å². The van der Waals surface area contributed by atoms with E-state index in [1.54, 1.807) is 12.1 Å². The quantitative estimate of drug-likeness (QED) is 0.542. The number of hydrogen-bond donors (Lipinski definition) is 2. The fraction of sp³-hybridized carbons (Fsp3) is 0.375. The van der Waals surface area contributed by atoms with Crippen LogP contribution in [0.2, 0.25) is 5.02 Å². The molecule has 2 aromatic carbocycles. The number of ether oxygens (including phenoxy) is 1. The number of aromatic hydroxyl groups is 1. The average Bonchev–Trinajstić information content (AvgIpc) is 3.06. The molecule has 2 aliphatic rings. The first-order valence-electron chi connectivity index (χ1n) is 10.6. The summed E-state index contributed by atoms with van der Waals surface area (Å²) in [5, 5.41) is 13.7. The zero-order chi connectivity index (χ0) is 22.0. The maximum atomic E-state index is 13.5. The first kappa shape index (κ1) is 21.9. The molecule has 3 atom stereocenters. The molecule has 5 nitrogen and oxygen atoms in total. The molecule has 0 spiro atoms. The molecule has 0 radical (unpaired) electrons. The Morgan fingerprint density at radius 3 is 2.68 bits per heavy atom. The molecule has 1 unspecified atom stereocenters. The largest absolute Gasteiger partial charge is 0.503 e. The third kappa shape index (κ3) is 4.65. The Labute approximate surface area is 192 Å². The molecule has 1 saturated heterocycles. The van der Waals surface area contributed by atoms with Crippen LogP contribution in [0.15, 0.2) is 47.4 Å².